The fraction of sp³-hybridized carbons (Fsp3) is 0.300. The smallest absolute Gasteiger partial charge is 0.195 e. The first-order valence-electron chi connectivity index (χ1n) is 4.89. The summed E-state index contributed by atoms with van der Waals surface area (Å²) < 4.78 is 1.85. The maximum atomic E-state index is 5.96. The largest absolute Gasteiger partial charge is 0.398 e. The number of nitrogens with two attached hydrogens (primary N) is 1. The van der Waals surface area contributed by atoms with Crippen molar-refractivity contribution in [3.63, 3.8) is 0 Å². The second kappa shape index (κ2) is 4.63. The molecule has 0 atom stereocenters. The van der Waals surface area contributed by atoms with Crippen molar-refractivity contribution in [3.8, 4) is 0 Å². The van der Waals surface area contributed by atoms with Gasteiger partial charge < -0.3 is 16.4 Å². The van der Waals surface area contributed by atoms with Crippen molar-refractivity contribution in [1.29, 1.82) is 0 Å². The molecule has 0 bridgehead atoms. The Hall–Kier alpha value is -0.750. The molecule has 0 unspecified atom stereocenters. The molecule has 0 spiro atoms. The molecule has 16 heavy (non-hydrogen) atoms. The number of nitrogen functional groups attached to an aromatic ring is 1. The van der Waals surface area contributed by atoms with Gasteiger partial charge in [-0.1, -0.05) is 0 Å². The molecule has 0 aliphatic carbocycles. The fourth-order valence-electron chi connectivity index (χ4n) is 1.51. The topological polar surface area (TPSA) is 62.4 Å². The van der Waals surface area contributed by atoms with Crippen LogP contribution in [0.25, 0.3) is 0 Å². The van der Waals surface area contributed by atoms with Crippen molar-refractivity contribution in [3.05, 3.63) is 20.6 Å². The Morgan fingerprint density at radius 2 is 2.19 bits per heavy atom. The first kappa shape index (κ1) is 11.7. The van der Waals surface area contributed by atoms with Crippen LogP contribution in [-0.2, 0) is 0 Å². The summed E-state index contributed by atoms with van der Waals surface area (Å²) in [4.78, 5) is 4.29. The number of anilines is 2. The lowest BCUT2D eigenvalue weighted by Crippen LogP contribution is -2.26. The number of hydrogen-bond acceptors (Lipinski definition) is 4. The zero-order valence-electron chi connectivity index (χ0n) is 8.77. The van der Waals surface area contributed by atoms with E-state index in [0.29, 0.717) is 0 Å². The van der Waals surface area contributed by atoms with Crippen molar-refractivity contribution in [2.45, 2.75) is 6.92 Å². The van der Waals surface area contributed by atoms with Gasteiger partial charge in [-0.25, -0.2) is 0 Å². The number of nitrogens with zero attached hydrogens (tertiary/aromatic N) is 1. The van der Waals surface area contributed by atoms with Gasteiger partial charge in [0.05, 0.1) is 17.9 Å². The van der Waals surface area contributed by atoms with E-state index in [4.69, 9.17) is 5.73 Å². The Labute approximate surface area is 111 Å². The van der Waals surface area contributed by atoms with Crippen molar-refractivity contribution >= 4 is 49.2 Å². The summed E-state index contributed by atoms with van der Waals surface area (Å²) in [5.74, 6) is 0.797. The Kier molecular flexibility index (Phi) is 3.39. The molecule has 0 radical (unpaired) electrons. The molecule has 0 fully saturated rings. The molecule has 4 N–H and O–H groups in total. The summed E-state index contributed by atoms with van der Waals surface area (Å²) >= 11 is 6.92. The van der Waals surface area contributed by atoms with Crippen LogP contribution in [0.15, 0.2) is 20.0 Å². The first-order valence-corrected chi connectivity index (χ1v) is 6.47. The molecule has 1 heterocycles. The molecule has 6 heteroatoms. The summed E-state index contributed by atoms with van der Waals surface area (Å²) in [5.41, 5.74) is 8.65. The van der Waals surface area contributed by atoms with Gasteiger partial charge in [0.1, 0.15) is 0 Å². The average Bonchev–Trinajstić information content (AvgIpc) is 2.74. The molecule has 4 nitrogen and oxygen atoms in total. The number of hydrogen-bond donors (Lipinski definition) is 3. The highest BCUT2D eigenvalue weighted by Gasteiger charge is 2.13. The summed E-state index contributed by atoms with van der Waals surface area (Å²) in [5, 5.41) is 6.40. The summed E-state index contributed by atoms with van der Waals surface area (Å²) in [6.45, 7) is 3.67. The van der Waals surface area contributed by atoms with Gasteiger partial charge in [0.15, 0.2) is 5.96 Å². The number of rotatable bonds is 1. The maximum Gasteiger partial charge on any atom is 0.195 e. The van der Waals surface area contributed by atoms with Crippen LogP contribution in [0.4, 0.5) is 11.4 Å². The van der Waals surface area contributed by atoms with Gasteiger partial charge in [-0.05, 0) is 50.4 Å². The Balaban J connectivity index is 2.36. The third-order valence-electron chi connectivity index (χ3n) is 2.45. The second-order valence-corrected chi connectivity index (χ2v) is 5.24. The molecular weight excluding hydrogens is 336 g/mol. The summed E-state index contributed by atoms with van der Waals surface area (Å²) in [6.07, 6.45) is 0. The quantitative estimate of drug-likeness (QED) is 0.684. The van der Waals surface area contributed by atoms with Crippen LogP contribution >= 0.6 is 31.9 Å². The van der Waals surface area contributed by atoms with E-state index in [9.17, 15) is 0 Å². The van der Waals surface area contributed by atoms with Crippen molar-refractivity contribution < 1.29 is 0 Å². The van der Waals surface area contributed by atoms with Gasteiger partial charge >= 0.3 is 0 Å². The molecule has 0 amide bonds. The third-order valence-corrected chi connectivity index (χ3v) is 3.73. The van der Waals surface area contributed by atoms with E-state index < -0.39 is 0 Å². The lowest BCUT2D eigenvalue weighted by molar-refractivity contribution is 0.959. The number of benzene rings is 1. The first-order chi connectivity index (χ1) is 7.59. The zero-order chi connectivity index (χ0) is 11.7. The van der Waals surface area contributed by atoms with Crippen LogP contribution in [0.5, 0.6) is 0 Å². The minimum absolute atomic E-state index is 0.740. The normalized spacial score (nSPS) is 14.6. The van der Waals surface area contributed by atoms with E-state index in [-0.39, 0.29) is 0 Å². The minimum atomic E-state index is 0.740. The Morgan fingerprint density at radius 3 is 2.81 bits per heavy atom. The van der Waals surface area contributed by atoms with Gasteiger partial charge in [-0.2, -0.15) is 0 Å². The lowest BCUT2D eigenvalue weighted by Gasteiger charge is -2.14. The number of halogens is 2. The predicted molar refractivity (Wildman–Crippen MR) is 74.9 cm³/mol. The monoisotopic (exact) mass is 346 g/mol. The number of nitrogens with one attached hydrogen (secondary N) is 2. The number of guanidine groups is 1. The Bertz CT molecular complexity index is 457. The van der Waals surface area contributed by atoms with Crippen LogP contribution in [-0.4, -0.2) is 19.0 Å². The van der Waals surface area contributed by atoms with Gasteiger partial charge in [0.2, 0.25) is 0 Å². The van der Waals surface area contributed by atoms with E-state index >= 15 is 0 Å². The van der Waals surface area contributed by atoms with Crippen molar-refractivity contribution in [2.24, 2.45) is 4.99 Å². The van der Waals surface area contributed by atoms with Crippen molar-refractivity contribution in [1.82, 2.24) is 5.32 Å². The van der Waals surface area contributed by atoms with Gasteiger partial charge in [-0.15, -0.1) is 0 Å². The molecule has 0 saturated heterocycles. The molecule has 86 valence electrons. The lowest BCUT2D eigenvalue weighted by atomic mass is 10.1. The van der Waals surface area contributed by atoms with Crippen LogP contribution in [0.3, 0.4) is 0 Å². The summed E-state index contributed by atoms with van der Waals surface area (Å²) in [6, 6.07) is 1.93. The third kappa shape index (κ3) is 2.17. The second-order valence-electron chi connectivity index (χ2n) is 3.54. The minimum Gasteiger partial charge on any atom is -0.398 e. The average molecular weight is 348 g/mol. The SMILES string of the molecule is Cc1c(N)c(Br)cc(Br)c1NC1=NCCN1. The highest BCUT2D eigenvalue weighted by atomic mass is 79.9. The van der Waals surface area contributed by atoms with Gasteiger partial charge in [0.25, 0.3) is 0 Å². The molecule has 1 aliphatic rings. The Morgan fingerprint density at radius 1 is 1.44 bits per heavy atom. The molecule has 1 aliphatic heterocycles. The van der Waals surface area contributed by atoms with Crippen molar-refractivity contribution in [2.75, 3.05) is 24.1 Å². The van der Waals surface area contributed by atoms with Gasteiger partial charge in [0, 0.05) is 15.5 Å². The van der Waals surface area contributed by atoms with E-state index in [2.05, 4.69) is 47.5 Å². The van der Waals surface area contributed by atoms with Crippen LogP contribution in [0.1, 0.15) is 5.56 Å². The highest BCUT2D eigenvalue weighted by Crippen LogP contribution is 2.35. The predicted octanol–water partition coefficient (Wildman–Crippen LogP) is 2.47. The van der Waals surface area contributed by atoms with Crippen LogP contribution < -0.4 is 16.4 Å². The fourth-order valence-corrected chi connectivity index (χ4v) is 2.97. The molecule has 2 rings (SSSR count). The zero-order valence-corrected chi connectivity index (χ0v) is 11.9. The van der Waals surface area contributed by atoms with E-state index in [1.165, 1.54) is 0 Å². The maximum absolute atomic E-state index is 5.96. The molecule has 0 saturated carbocycles. The molecule has 0 aromatic heterocycles. The van der Waals surface area contributed by atoms with Crippen LogP contribution in [0.2, 0.25) is 0 Å². The van der Waals surface area contributed by atoms with Crippen LogP contribution in [0, 0.1) is 6.92 Å². The van der Waals surface area contributed by atoms with E-state index in [0.717, 1.165) is 44.9 Å². The number of aliphatic imine (C=N–C) groups is 1. The molecular formula is C10H12Br2N4. The summed E-state index contributed by atoms with van der Waals surface area (Å²) in [7, 11) is 0. The van der Waals surface area contributed by atoms with E-state index in [1.54, 1.807) is 0 Å². The molecule has 1 aromatic carbocycles. The van der Waals surface area contributed by atoms with Gasteiger partial charge in [-0.3, -0.25) is 4.99 Å². The standard InChI is InChI=1S/C10H12Br2N4/c1-5-8(13)6(11)4-7(12)9(5)16-10-14-2-3-15-10/h4H,2-3,13H2,1H3,(H2,14,15,16). The van der Waals surface area contributed by atoms with E-state index in [1.807, 2.05) is 13.0 Å². The highest BCUT2D eigenvalue weighted by molar-refractivity contribution is 9.11. The molecule has 1 aromatic rings.